The van der Waals surface area contributed by atoms with Crippen molar-refractivity contribution in [2.24, 2.45) is 58.0 Å². The maximum atomic E-state index is 11.3. The first-order valence-corrected chi connectivity index (χ1v) is 13.4. The van der Waals surface area contributed by atoms with Crippen LogP contribution in [0.5, 0.6) is 0 Å². The lowest BCUT2D eigenvalue weighted by molar-refractivity contribution is -0.273. The standard InChI is InChI=1S/C27H45NO3/c1-15-5-10-27(30-14-15)16(2)24-23(31-27)13-20-18-12-22(29)21-11-17(28)6-8-25(21,3)19(18)7-9-26(20,24)4/h15-24,29H,5-14,28H2,1-4H3. The average molecular weight is 432 g/mol. The summed E-state index contributed by atoms with van der Waals surface area (Å²) in [6, 6.07) is 0.285. The van der Waals surface area contributed by atoms with Crippen molar-refractivity contribution in [3.63, 3.8) is 0 Å². The van der Waals surface area contributed by atoms with Crippen molar-refractivity contribution < 1.29 is 14.6 Å². The predicted molar refractivity (Wildman–Crippen MR) is 121 cm³/mol. The van der Waals surface area contributed by atoms with Crippen LogP contribution in [-0.4, -0.2) is 35.8 Å². The largest absolute Gasteiger partial charge is 0.393 e. The van der Waals surface area contributed by atoms with Gasteiger partial charge in [-0.3, -0.25) is 0 Å². The van der Waals surface area contributed by atoms with Gasteiger partial charge in [-0.1, -0.05) is 27.7 Å². The Kier molecular flexibility index (Phi) is 4.78. The van der Waals surface area contributed by atoms with Crippen molar-refractivity contribution in [2.75, 3.05) is 6.61 Å². The van der Waals surface area contributed by atoms with Crippen LogP contribution in [0.1, 0.15) is 85.5 Å². The highest BCUT2D eigenvalue weighted by atomic mass is 16.7. The van der Waals surface area contributed by atoms with Crippen LogP contribution >= 0.6 is 0 Å². The number of rotatable bonds is 0. The molecule has 2 saturated heterocycles. The number of ether oxygens (including phenoxy) is 2. The van der Waals surface area contributed by atoms with E-state index in [2.05, 4.69) is 27.7 Å². The van der Waals surface area contributed by atoms with Gasteiger partial charge < -0.3 is 20.3 Å². The highest BCUT2D eigenvalue weighted by molar-refractivity contribution is 5.16. The molecule has 0 aromatic carbocycles. The molecule has 176 valence electrons. The number of hydrogen-bond acceptors (Lipinski definition) is 4. The quantitative estimate of drug-likeness (QED) is 0.582. The third-order valence-electron chi connectivity index (χ3n) is 12.0. The van der Waals surface area contributed by atoms with Gasteiger partial charge >= 0.3 is 0 Å². The second kappa shape index (κ2) is 6.93. The molecule has 31 heavy (non-hydrogen) atoms. The van der Waals surface area contributed by atoms with E-state index in [1.807, 2.05) is 0 Å². The maximum absolute atomic E-state index is 11.3. The molecular weight excluding hydrogens is 386 g/mol. The summed E-state index contributed by atoms with van der Waals surface area (Å²) in [5.74, 6) is 3.90. The van der Waals surface area contributed by atoms with Crippen LogP contribution in [0.2, 0.25) is 0 Å². The summed E-state index contributed by atoms with van der Waals surface area (Å²) in [5.41, 5.74) is 6.95. The fourth-order valence-electron chi connectivity index (χ4n) is 10.3. The molecule has 13 unspecified atom stereocenters. The number of hydrogen-bond donors (Lipinski definition) is 2. The summed E-state index contributed by atoms with van der Waals surface area (Å²) < 4.78 is 13.3. The molecule has 2 aliphatic heterocycles. The van der Waals surface area contributed by atoms with Gasteiger partial charge in [0.05, 0.1) is 18.8 Å². The molecule has 6 rings (SSSR count). The summed E-state index contributed by atoms with van der Waals surface area (Å²) >= 11 is 0. The molecule has 1 spiro atoms. The molecule has 13 atom stereocenters. The van der Waals surface area contributed by atoms with Gasteiger partial charge in [0.2, 0.25) is 0 Å². The molecule has 0 amide bonds. The van der Waals surface area contributed by atoms with Gasteiger partial charge in [0.1, 0.15) is 0 Å². The first-order valence-electron chi connectivity index (χ1n) is 13.4. The lowest BCUT2D eigenvalue weighted by Gasteiger charge is -2.62. The fraction of sp³-hybridized carbons (Fsp3) is 1.00. The Balaban J connectivity index is 1.28. The summed E-state index contributed by atoms with van der Waals surface area (Å²) in [6.45, 7) is 10.7. The van der Waals surface area contributed by atoms with Crippen LogP contribution in [-0.2, 0) is 9.47 Å². The van der Waals surface area contributed by atoms with Gasteiger partial charge in [-0.25, -0.2) is 0 Å². The third-order valence-corrected chi connectivity index (χ3v) is 12.0. The lowest BCUT2D eigenvalue weighted by atomic mass is 9.43. The Morgan fingerprint density at radius 2 is 1.65 bits per heavy atom. The van der Waals surface area contributed by atoms with Gasteiger partial charge in [-0.05, 0) is 97.7 Å². The van der Waals surface area contributed by atoms with Crippen molar-refractivity contribution in [3.05, 3.63) is 0 Å². The van der Waals surface area contributed by atoms with Gasteiger partial charge in [-0.15, -0.1) is 0 Å². The molecule has 4 aliphatic carbocycles. The smallest absolute Gasteiger partial charge is 0.171 e. The zero-order valence-electron chi connectivity index (χ0n) is 20.2. The average Bonchev–Trinajstić information content (AvgIpc) is 3.17. The van der Waals surface area contributed by atoms with Crippen LogP contribution in [0.25, 0.3) is 0 Å². The molecule has 0 radical (unpaired) electrons. The van der Waals surface area contributed by atoms with Crippen molar-refractivity contribution >= 4 is 0 Å². The Hall–Kier alpha value is -0.160. The molecule has 0 aromatic heterocycles. The van der Waals surface area contributed by atoms with Crippen molar-refractivity contribution in [1.82, 2.24) is 0 Å². The molecule has 0 bridgehead atoms. The normalized spacial score (nSPS) is 63.3. The minimum atomic E-state index is -0.324. The van der Waals surface area contributed by atoms with Gasteiger partial charge in [0, 0.05) is 18.4 Å². The Labute approximate surface area is 189 Å². The van der Waals surface area contributed by atoms with Gasteiger partial charge in [0.25, 0.3) is 0 Å². The highest BCUT2D eigenvalue weighted by Crippen LogP contribution is 2.71. The minimum Gasteiger partial charge on any atom is -0.393 e. The Morgan fingerprint density at radius 3 is 2.39 bits per heavy atom. The zero-order valence-corrected chi connectivity index (χ0v) is 20.2. The highest BCUT2D eigenvalue weighted by Gasteiger charge is 2.69. The van der Waals surface area contributed by atoms with E-state index in [4.69, 9.17) is 15.2 Å². The van der Waals surface area contributed by atoms with E-state index in [1.54, 1.807) is 0 Å². The fourth-order valence-corrected chi connectivity index (χ4v) is 10.3. The van der Waals surface area contributed by atoms with E-state index in [0.717, 1.165) is 38.2 Å². The van der Waals surface area contributed by atoms with Crippen molar-refractivity contribution in [3.8, 4) is 0 Å². The summed E-state index contributed by atoms with van der Waals surface area (Å²) in [6.07, 6.45) is 10.6. The molecule has 2 heterocycles. The monoisotopic (exact) mass is 431 g/mol. The molecule has 6 fully saturated rings. The molecule has 4 nitrogen and oxygen atoms in total. The molecule has 4 saturated carbocycles. The van der Waals surface area contributed by atoms with Gasteiger partial charge in [0.15, 0.2) is 5.79 Å². The zero-order chi connectivity index (χ0) is 21.8. The van der Waals surface area contributed by atoms with Gasteiger partial charge in [-0.2, -0.15) is 0 Å². The first-order chi connectivity index (χ1) is 14.7. The molecular formula is C27H45NO3. The number of nitrogens with two attached hydrogens (primary N) is 1. The first kappa shape index (κ1) is 21.4. The van der Waals surface area contributed by atoms with Crippen LogP contribution < -0.4 is 5.73 Å². The number of aliphatic hydroxyl groups excluding tert-OH is 1. The van der Waals surface area contributed by atoms with Crippen LogP contribution in [0, 0.1) is 52.3 Å². The predicted octanol–water partition coefficient (Wildman–Crippen LogP) is 4.73. The van der Waals surface area contributed by atoms with E-state index in [9.17, 15) is 5.11 Å². The SMILES string of the molecule is CC1CCC2(OC1)OC1CC3C4CC(O)C5CC(N)CCC5(C)C4CCC3(C)C1C2C. The van der Waals surface area contributed by atoms with E-state index < -0.39 is 0 Å². The molecule has 6 aliphatic rings. The van der Waals surface area contributed by atoms with Crippen molar-refractivity contribution in [2.45, 2.75) is 110 Å². The number of aliphatic hydroxyl groups is 1. The van der Waals surface area contributed by atoms with Crippen LogP contribution in [0.4, 0.5) is 0 Å². The molecule has 4 heteroatoms. The molecule has 0 aromatic rings. The van der Waals surface area contributed by atoms with E-state index in [0.29, 0.717) is 47.0 Å². The van der Waals surface area contributed by atoms with E-state index >= 15 is 0 Å². The van der Waals surface area contributed by atoms with E-state index in [1.165, 1.54) is 32.1 Å². The summed E-state index contributed by atoms with van der Waals surface area (Å²) in [4.78, 5) is 0. The van der Waals surface area contributed by atoms with Crippen LogP contribution in [0.15, 0.2) is 0 Å². The van der Waals surface area contributed by atoms with Crippen molar-refractivity contribution in [1.29, 1.82) is 0 Å². The summed E-state index contributed by atoms with van der Waals surface area (Å²) in [7, 11) is 0. The number of fused-ring (bicyclic) bond motifs is 7. The Bertz CT molecular complexity index is 719. The third kappa shape index (κ3) is 2.80. The second-order valence-electron chi connectivity index (χ2n) is 13.3. The van der Waals surface area contributed by atoms with Crippen LogP contribution in [0.3, 0.4) is 0 Å². The topological polar surface area (TPSA) is 64.7 Å². The second-order valence-corrected chi connectivity index (χ2v) is 13.3. The lowest BCUT2D eigenvalue weighted by Crippen LogP contribution is -2.59. The summed E-state index contributed by atoms with van der Waals surface area (Å²) in [5, 5.41) is 11.3. The molecule has 3 N–H and O–H groups in total. The Morgan fingerprint density at radius 1 is 0.871 bits per heavy atom. The van der Waals surface area contributed by atoms with E-state index in [-0.39, 0.29) is 23.3 Å². The maximum Gasteiger partial charge on any atom is 0.171 e. The minimum absolute atomic E-state index is 0.173.